The van der Waals surface area contributed by atoms with E-state index in [1.54, 1.807) is 0 Å². The molecule has 4 nitrogen and oxygen atoms in total. The Bertz CT molecular complexity index is 502. The molecule has 22 heavy (non-hydrogen) atoms. The number of ether oxygens (including phenoxy) is 1. The van der Waals surface area contributed by atoms with Gasteiger partial charge in [0.2, 0.25) is 5.91 Å². The largest absolute Gasteiger partial charge is 0.494 e. The summed E-state index contributed by atoms with van der Waals surface area (Å²) in [6.07, 6.45) is 2.31. The summed E-state index contributed by atoms with van der Waals surface area (Å²) in [5, 5.41) is 0. The lowest BCUT2D eigenvalue weighted by Crippen LogP contribution is -2.49. The van der Waals surface area contributed by atoms with Crippen LogP contribution in [0, 0.1) is 5.92 Å². The zero-order valence-corrected chi connectivity index (χ0v) is 13.9. The topological polar surface area (TPSA) is 55.6 Å². The zero-order chi connectivity index (χ0) is 16.1. The molecule has 0 aromatic heterocycles. The fraction of sp³-hybridized carbons (Fsp3) is 0.611. The molecule has 2 N–H and O–H groups in total. The van der Waals surface area contributed by atoms with Gasteiger partial charge in [-0.05, 0) is 43.4 Å². The van der Waals surface area contributed by atoms with E-state index in [0.29, 0.717) is 18.9 Å². The van der Waals surface area contributed by atoms with Gasteiger partial charge in [0.15, 0.2) is 0 Å². The first-order chi connectivity index (χ1) is 10.5. The highest BCUT2D eigenvalue weighted by molar-refractivity contribution is 5.78. The van der Waals surface area contributed by atoms with Crippen molar-refractivity contribution in [2.45, 2.75) is 52.1 Å². The standard InChI is InChI=1S/C18H28N2O2/c1-4-22-15-7-5-6-14(12-15)18-16(19)8-9-17(21)20(18)11-10-13(2)3/h5-7,12-13,16,18H,4,8-11,19H2,1-3H3. The Morgan fingerprint density at radius 2 is 2.18 bits per heavy atom. The van der Waals surface area contributed by atoms with Gasteiger partial charge in [0.25, 0.3) is 0 Å². The van der Waals surface area contributed by atoms with E-state index in [4.69, 9.17) is 10.5 Å². The van der Waals surface area contributed by atoms with Crippen molar-refractivity contribution in [3.05, 3.63) is 29.8 Å². The minimum Gasteiger partial charge on any atom is -0.494 e. The van der Waals surface area contributed by atoms with E-state index in [2.05, 4.69) is 13.8 Å². The normalized spacial score (nSPS) is 22.2. The summed E-state index contributed by atoms with van der Waals surface area (Å²) in [5.74, 6) is 1.63. The third-order valence-electron chi connectivity index (χ3n) is 4.21. The molecule has 2 rings (SSSR count). The van der Waals surface area contributed by atoms with Crippen molar-refractivity contribution in [3.63, 3.8) is 0 Å². The second kappa shape index (κ2) is 7.63. The number of nitrogens with two attached hydrogens (primary N) is 1. The van der Waals surface area contributed by atoms with Crippen LogP contribution in [0.2, 0.25) is 0 Å². The number of carbonyl (C=O) groups excluding carboxylic acids is 1. The smallest absolute Gasteiger partial charge is 0.223 e. The SMILES string of the molecule is CCOc1cccc(C2C(N)CCC(=O)N2CCC(C)C)c1. The van der Waals surface area contributed by atoms with Crippen molar-refractivity contribution in [2.75, 3.05) is 13.2 Å². The van der Waals surface area contributed by atoms with Gasteiger partial charge in [0.1, 0.15) is 5.75 Å². The summed E-state index contributed by atoms with van der Waals surface area (Å²) < 4.78 is 5.59. The van der Waals surface area contributed by atoms with Gasteiger partial charge in [-0.3, -0.25) is 4.79 Å². The minimum absolute atomic E-state index is 0.0123. The monoisotopic (exact) mass is 304 g/mol. The first-order valence-corrected chi connectivity index (χ1v) is 8.30. The summed E-state index contributed by atoms with van der Waals surface area (Å²) in [4.78, 5) is 14.4. The van der Waals surface area contributed by atoms with Crippen LogP contribution in [-0.4, -0.2) is 30.0 Å². The van der Waals surface area contributed by atoms with Crippen LogP contribution in [0.1, 0.15) is 51.6 Å². The van der Waals surface area contributed by atoms with Crippen LogP contribution in [0.5, 0.6) is 5.75 Å². The highest BCUT2D eigenvalue weighted by Crippen LogP contribution is 2.33. The Morgan fingerprint density at radius 1 is 1.41 bits per heavy atom. The number of piperidine rings is 1. The van der Waals surface area contributed by atoms with Gasteiger partial charge >= 0.3 is 0 Å². The molecule has 1 heterocycles. The number of nitrogens with zero attached hydrogens (tertiary/aromatic N) is 1. The first kappa shape index (κ1) is 16.8. The Morgan fingerprint density at radius 3 is 2.86 bits per heavy atom. The van der Waals surface area contributed by atoms with Gasteiger partial charge in [0, 0.05) is 19.0 Å². The molecule has 0 radical (unpaired) electrons. The number of hydrogen-bond acceptors (Lipinski definition) is 3. The molecular formula is C18H28N2O2. The van der Waals surface area contributed by atoms with Crippen LogP contribution in [0.3, 0.4) is 0 Å². The summed E-state index contributed by atoms with van der Waals surface area (Å²) in [6, 6.07) is 7.94. The Labute approximate surface area is 133 Å². The van der Waals surface area contributed by atoms with Crippen molar-refractivity contribution < 1.29 is 9.53 Å². The Kier molecular flexibility index (Phi) is 5.83. The molecule has 0 saturated carbocycles. The van der Waals surface area contributed by atoms with Gasteiger partial charge in [-0.15, -0.1) is 0 Å². The molecule has 0 bridgehead atoms. The summed E-state index contributed by atoms with van der Waals surface area (Å²) >= 11 is 0. The predicted molar refractivity (Wildman–Crippen MR) is 88.7 cm³/mol. The Hall–Kier alpha value is -1.55. The van der Waals surface area contributed by atoms with Gasteiger partial charge < -0.3 is 15.4 Å². The second-order valence-corrected chi connectivity index (χ2v) is 6.42. The molecule has 1 aliphatic heterocycles. The van der Waals surface area contributed by atoms with Crippen LogP contribution in [0.25, 0.3) is 0 Å². The fourth-order valence-electron chi connectivity index (χ4n) is 3.02. The molecular weight excluding hydrogens is 276 g/mol. The van der Waals surface area contributed by atoms with Crippen molar-refractivity contribution in [1.29, 1.82) is 0 Å². The number of benzene rings is 1. The number of likely N-dealkylation sites (tertiary alicyclic amines) is 1. The number of carbonyl (C=O) groups is 1. The molecule has 1 aromatic rings. The van der Waals surface area contributed by atoms with E-state index in [-0.39, 0.29) is 18.0 Å². The van der Waals surface area contributed by atoms with E-state index < -0.39 is 0 Å². The molecule has 2 atom stereocenters. The molecule has 1 amide bonds. The summed E-state index contributed by atoms with van der Waals surface area (Å²) in [6.45, 7) is 7.74. The first-order valence-electron chi connectivity index (χ1n) is 8.30. The average molecular weight is 304 g/mol. The van der Waals surface area contributed by atoms with Gasteiger partial charge in [-0.1, -0.05) is 26.0 Å². The molecule has 0 aliphatic carbocycles. The predicted octanol–water partition coefficient (Wildman–Crippen LogP) is 3.12. The lowest BCUT2D eigenvalue weighted by atomic mass is 9.90. The van der Waals surface area contributed by atoms with Gasteiger partial charge in [0.05, 0.1) is 12.6 Å². The van der Waals surface area contributed by atoms with Crippen LogP contribution in [0.15, 0.2) is 24.3 Å². The average Bonchev–Trinajstić information content (AvgIpc) is 2.48. The Balaban J connectivity index is 2.25. The lowest BCUT2D eigenvalue weighted by molar-refractivity contribution is -0.137. The van der Waals surface area contributed by atoms with Crippen molar-refractivity contribution in [2.24, 2.45) is 11.7 Å². The number of rotatable bonds is 6. The highest BCUT2D eigenvalue weighted by atomic mass is 16.5. The molecule has 2 unspecified atom stereocenters. The van der Waals surface area contributed by atoms with E-state index >= 15 is 0 Å². The summed E-state index contributed by atoms with van der Waals surface area (Å²) in [7, 11) is 0. The van der Waals surface area contributed by atoms with Gasteiger partial charge in [-0.25, -0.2) is 0 Å². The van der Waals surface area contributed by atoms with Crippen LogP contribution < -0.4 is 10.5 Å². The van der Waals surface area contributed by atoms with Crippen molar-refractivity contribution in [1.82, 2.24) is 4.90 Å². The van der Waals surface area contributed by atoms with E-state index in [1.807, 2.05) is 36.1 Å². The van der Waals surface area contributed by atoms with Crippen molar-refractivity contribution in [3.8, 4) is 5.75 Å². The van der Waals surface area contributed by atoms with E-state index in [9.17, 15) is 4.79 Å². The third-order valence-corrected chi connectivity index (χ3v) is 4.21. The number of hydrogen-bond donors (Lipinski definition) is 1. The molecule has 1 aliphatic rings. The van der Waals surface area contributed by atoms with Crippen LogP contribution >= 0.6 is 0 Å². The second-order valence-electron chi connectivity index (χ2n) is 6.42. The maximum Gasteiger partial charge on any atom is 0.223 e. The lowest BCUT2D eigenvalue weighted by Gasteiger charge is -2.40. The van der Waals surface area contributed by atoms with Crippen LogP contribution in [0.4, 0.5) is 0 Å². The molecule has 1 fully saturated rings. The maximum atomic E-state index is 12.4. The zero-order valence-electron chi connectivity index (χ0n) is 13.9. The molecule has 1 aromatic carbocycles. The van der Waals surface area contributed by atoms with Gasteiger partial charge in [-0.2, -0.15) is 0 Å². The highest BCUT2D eigenvalue weighted by Gasteiger charge is 2.34. The maximum absolute atomic E-state index is 12.4. The molecule has 0 spiro atoms. The molecule has 4 heteroatoms. The molecule has 1 saturated heterocycles. The molecule has 122 valence electrons. The van der Waals surface area contributed by atoms with E-state index in [0.717, 1.165) is 30.7 Å². The number of amides is 1. The fourth-order valence-corrected chi connectivity index (χ4v) is 3.02. The van der Waals surface area contributed by atoms with Crippen molar-refractivity contribution >= 4 is 5.91 Å². The third kappa shape index (κ3) is 4.01. The summed E-state index contributed by atoms with van der Waals surface area (Å²) in [5.41, 5.74) is 7.44. The minimum atomic E-state index is -0.0413. The van der Waals surface area contributed by atoms with E-state index in [1.165, 1.54) is 0 Å². The van der Waals surface area contributed by atoms with Crippen LogP contribution in [-0.2, 0) is 4.79 Å². The quantitative estimate of drug-likeness (QED) is 0.878.